The van der Waals surface area contributed by atoms with E-state index in [1.807, 2.05) is 0 Å². The lowest BCUT2D eigenvalue weighted by Gasteiger charge is -1.95. The Bertz CT molecular complexity index is 639. The van der Waals surface area contributed by atoms with Gasteiger partial charge in [0.15, 0.2) is 5.78 Å². The Morgan fingerprint density at radius 3 is 2.42 bits per heavy atom. The molecule has 2 rings (SSSR count). The SMILES string of the molecule is Cn1cc(C(=O)C=Cc2ccc(C(=O)O)cc2)cn1. The molecule has 0 bridgehead atoms. The van der Waals surface area contributed by atoms with E-state index < -0.39 is 5.97 Å². The summed E-state index contributed by atoms with van der Waals surface area (Å²) in [6.07, 6.45) is 6.22. The van der Waals surface area contributed by atoms with Crippen molar-refractivity contribution in [3.05, 3.63) is 59.4 Å². The summed E-state index contributed by atoms with van der Waals surface area (Å²) < 4.78 is 1.56. The van der Waals surface area contributed by atoms with Gasteiger partial charge in [0.05, 0.1) is 17.3 Å². The van der Waals surface area contributed by atoms with Crippen molar-refractivity contribution in [2.75, 3.05) is 0 Å². The average Bonchev–Trinajstić information content (AvgIpc) is 2.83. The van der Waals surface area contributed by atoms with E-state index in [-0.39, 0.29) is 11.3 Å². The van der Waals surface area contributed by atoms with Crippen molar-refractivity contribution in [3.8, 4) is 0 Å². The predicted molar refractivity (Wildman–Crippen MR) is 70.0 cm³/mol. The number of carbonyl (C=O) groups excluding carboxylic acids is 1. The number of carboxylic acid groups (broad SMARTS) is 1. The maximum Gasteiger partial charge on any atom is 0.335 e. The van der Waals surface area contributed by atoms with E-state index in [0.29, 0.717) is 5.56 Å². The molecule has 1 N–H and O–H groups in total. The van der Waals surface area contributed by atoms with Crippen LogP contribution >= 0.6 is 0 Å². The summed E-state index contributed by atoms with van der Waals surface area (Å²) in [5.41, 5.74) is 1.50. The Hall–Kier alpha value is -2.69. The molecular weight excluding hydrogens is 244 g/mol. The summed E-state index contributed by atoms with van der Waals surface area (Å²) in [6.45, 7) is 0. The molecule has 19 heavy (non-hydrogen) atoms. The highest BCUT2D eigenvalue weighted by molar-refractivity contribution is 6.06. The lowest BCUT2D eigenvalue weighted by molar-refractivity contribution is 0.0696. The minimum atomic E-state index is -0.970. The van der Waals surface area contributed by atoms with Gasteiger partial charge in [-0.05, 0) is 23.8 Å². The maximum atomic E-state index is 11.8. The maximum absolute atomic E-state index is 11.8. The molecule has 0 amide bonds. The highest BCUT2D eigenvalue weighted by Crippen LogP contribution is 2.07. The molecule has 1 heterocycles. The van der Waals surface area contributed by atoms with E-state index in [4.69, 9.17) is 5.11 Å². The number of hydrogen-bond acceptors (Lipinski definition) is 3. The van der Waals surface area contributed by atoms with Crippen LogP contribution in [-0.2, 0) is 7.05 Å². The second-order valence-corrected chi connectivity index (χ2v) is 4.03. The van der Waals surface area contributed by atoms with Crippen LogP contribution < -0.4 is 0 Å². The van der Waals surface area contributed by atoms with Gasteiger partial charge in [-0.25, -0.2) is 4.79 Å². The largest absolute Gasteiger partial charge is 0.478 e. The molecule has 96 valence electrons. The highest BCUT2D eigenvalue weighted by atomic mass is 16.4. The molecule has 0 saturated heterocycles. The van der Waals surface area contributed by atoms with E-state index >= 15 is 0 Å². The Balaban J connectivity index is 2.10. The van der Waals surface area contributed by atoms with Gasteiger partial charge in [0.2, 0.25) is 0 Å². The van der Waals surface area contributed by atoms with Crippen LogP contribution in [0, 0.1) is 0 Å². The summed E-state index contributed by atoms with van der Waals surface area (Å²) in [7, 11) is 1.74. The molecule has 1 aromatic heterocycles. The Morgan fingerprint density at radius 1 is 1.21 bits per heavy atom. The van der Waals surface area contributed by atoms with Gasteiger partial charge in [-0.2, -0.15) is 5.10 Å². The summed E-state index contributed by atoms with van der Waals surface area (Å²) in [6, 6.07) is 6.29. The van der Waals surface area contributed by atoms with Crippen molar-refractivity contribution >= 4 is 17.8 Å². The molecule has 0 unspecified atom stereocenters. The highest BCUT2D eigenvalue weighted by Gasteiger charge is 2.04. The average molecular weight is 256 g/mol. The minimum absolute atomic E-state index is 0.143. The Labute approximate surface area is 109 Å². The molecule has 0 spiro atoms. The van der Waals surface area contributed by atoms with Crippen LogP contribution in [0.15, 0.2) is 42.7 Å². The number of allylic oxidation sites excluding steroid dienone is 1. The first-order valence-corrected chi connectivity index (χ1v) is 5.60. The Kier molecular flexibility index (Phi) is 3.56. The van der Waals surface area contributed by atoms with Gasteiger partial charge in [-0.15, -0.1) is 0 Å². The zero-order valence-electron chi connectivity index (χ0n) is 10.3. The number of aryl methyl sites for hydroxylation is 1. The number of ketones is 1. The van der Waals surface area contributed by atoms with Gasteiger partial charge in [0.25, 0.3) is 0 Å². The van der Waals surface area contributed by atoms with Crippen molar-refractivity contribution < 1.29 is 14.7 Å². The number of aromatic nitrogens is 2. The molecule has 2 aromatic rings. The first-order chi connectivity index (χ1) is 9.06. The molecule has 0 aliphatic heterocycles. The Morgan fingerprint density at radius 2 is 1.89 bits per heavy atom. The van der Waals surface area contributed by atoms with Crippen molar-refractivity contribution in [3.63, 3.8) is 0 Å². The molecule has 0 aliphatic carbocycles. The third-order valence-corrected chi connectivity index (χ3v) is 2.57. The van der Waals surface area contributed by atoms with Gasteiger partial charge in [-0.1, -0.05) is 18.2 Å². The van der Waals surface area contributed by atoms with Crippen molar-refractivity contribution in [2.45, 2.75) is 0 Å². The summed E-state index contributed by atoms with van der Waals surface area (Å²) >= 11 is 0. The monoisotopic (exact) mass is 256 g/mol. The molecule has 0 radical (unpaired) electrons. The lowest BCUT2D eigenvalue weighted by atomic mass is 10.1. The zero-order valence-corrected chi connectivity index (χ0v) is 10.3. The standard InChI is InChI=1S/C14H12N2O3/c1-16-9-12(8-15-16)13(17)7-4-10-2-5-11(6-3-10)14(18)19/h2-9H,1H3,(H,18,19). The normalized spacial score (nSPS) is 10.8. The molecule has 5 heteroatoms. The first kappa shape index (κ1) is 12.8. The number of carboxylic acids is 1. The fourth-order valence-corrected chi connectivity index (χ4v) is 1.55. The lowest BCUT2D eigenvalue weighted by Crippen LogP contribution is -1.95. The molecule has 0 aliphatic rings. The number of benzene rings is 1. The van der Waals surface area contributed by atoms with Crippen molar-refractivity contribution in [1.29, 1.82) is 0 Å². The van der Waals surface area contributed by atoms with Gasteiger partial charge in [0, 0.05) is 13.2 Å². The van der Waals surface area contributed by atoms with E-state index in [1.54, 1.807) is 36.1 Å². The molecule has 0 fully saturated rings. The molecule has 0 atom stereocenters. The zero-order chi connectivity index (χ0) is 13.8. The topological polar surface area (TPSA) is 72.2 Å². The number of carbonyl (C=O) groups is 2. The third-order valence-electron chi connectivity index (χ3n) is 2.57. The fraction of sp³-hybridized carbons (Fsp3) is 0.0714. The summed E-state index contributed by atoms with van der Waals surface area (Å²) in [5, 5.41) is 12.7. The van der Waals surface area contributed by atoms with Crippen molar-refractivity contribution in [2.24, 2.45) is 7.05 Å². The first-order valence-electron chi connectivity index (χ1n) is 5.60. The van der Waals surface area contributed by atoms with Crippen LogP contribution in [0.2, 0.25) is 0 Å². The second-order valence-electron chi connectivity index (χ2n) is 4.03. The van der Waals surface area contributed by atoms with E-state index in [1.165, 1.54) is 24.4 Å². The predicted octanol–water partition coefficient (Wildman–Crippen LogP) is 2.01. The second kappa shape index (κ2) is 5.30. The van der Waals surface area contributed by atoms with E-state index in [9.17, 15) is 9.59 Å². The van der Waals surface area contributed by atoms with Gasteiger partial charge in [0.1, 0.15) is 0 Å². The van der Waals surface area contributed by atoms with Crippen LogP contribution in [0.25, 0.3) is 6.08 Å². The quantitative estimate of drug-likeness (QED) is 0.671. The molecule has 0 saturated carbocycles. The molecule has 1 aromatic carbocycles. The summed E-state index contributed by atoms with van der Waals surface area (Å²) in [4.78, 5) is 22.5. The van der Waals surface area contributed by atoms with Crippen LogP contribution in [0.1, 0.15) is 26.3 Å². The van der Waals surface area contributed by atoms with Gasteiger partial charge >= 0.3 is 5.97 Å². The number of rotatable bonds is 4. The van der Waals surface area contributed by atoms with E-state index in [0.717, 1.165) is 5.56 Å². The number of nitrogens with zero attached hydrogens (tertiary/aromatic N) is 2. The fourth-order valence-electron chi connectivity index (χ4n) is 1.55. The molecule has 5 nitrogen and oxygen atoms in total. The summed E-state index contributed by atoms with van der Waals surface area (Å²) in [5.74, 6) is -1.11. The van der Waals surface area contributed by atoms with Crippen LogP contribution in [0.3, 0.4) is 0 Å². The third kappa shape index (κ3) is 3.16. The molecular formula is C14H12N2O3. The minimum Gasteiger partial charge on any atom is -0.478 e. The van der Waals surface area contributed by atoms with Crippen molar-refractivity contribution in [1.82, 2.24) is 9.78 Å². The van der Waals surface area contributed by atoms with E-state index in [2.05, 4.69) is 5.10 Å². The van der Waals surface area contributed by atoms with Crippen LogP contribution in [-0.4, -0.2) is 26.6 Å². The van der Waals surface area contributed by atoms with Gasteiger partial charge < -0.3 is 5.11 Å². The van der Waals surface area contributed by atoms with Gasteiger partial charge in [-0.3, -0.25) is 9.48 Å². The van der Waals surface area contributed by atoms with Crippen LogP contribution in [0.5, 0.6) is 0 Å². The van der Waals surface area contributed by atoms with Crippen LogP contribution in [0.4, 0.5) is 0 Å². The number of aromatic carboxylic acids is 1. The smallest absolute Gasteiger partial charge is 0.335 e. The number of hydrogen-bond donors (Lipinski definition) is 1.